The molecule has 0 unspecified atom stereocenters. The summed E-state index contributed by atoms with van der Waals surface area (Å²) in [6.07, 6.45) is 0. The number of rotatable bonds is 4. The second kappa shape index (κ2) is 8.32. The van der Waals surface area contributed by atoms with Crippen molar-refractivity contribution in [2.75, 3.05) is 12.4 Å². The number of hydrogen-bond donors (Lipinski definition) is 4. The zero-order valence-electron chi connectivity index (χ0n) is 13.4. The molecule has 0 saturated carbocycles. The first-order valence-electron chi connectivity index (χ1n) is 7.04. The van der Waals surface area contributed by atoms with Gasteiger partial charge in [0.05, 0.1) is 17.6 Å². The maximum Gasteiger partial charge on any atom is 0.273 e. The van der Waals surface area contributed by atoms with E-state index in [0.29, 0.717) is 10.7 Å². The van der Waals surface area contributed by atoms with Crippen molar-refractivity contribution in [3.63, 3.8) is 0 Å². The van der Waals surface area contributed by atoms with Crippen LogP contribution in [0.3, 0.4) is 0 Å². The van der Waals surface area contributed by atoms with Crippen LogP contribution in [0.4, 0.5) is 5.69 Å². The fraction of sp³-hybridized carbons (Fsp3) is 0.0667. The Morgan fingerprint density at radius 3 is 2.38 bits per heavy atom. The fourth-order valence-electron chi connectivity index (χ4n) is 1.92. The molecule has 0 saturated heterocycles. The van der Waals surface area contributed by atoms with E-state index >= 15 is 0 Å². The van der Waals surface area contributed by atoms with E-state index in [2.05, 4.69) is 16.2 Å². The van der Waals surface area contributed by atoms with Gasteiger partial charge in [0, 0.05) is 10.7 Å². The summed E-state index contributed by atoms with van der Waals surface area (Å²) >= 11 is 10.9. The maximum absolute atomic E-state index is 12.3. The molecule has 2 rings (SSSR count). The normalized spacial score (nSPS) is 10.7. The summed E-state index contributed by atoms with van der Waals surface area (Å²) in [5.41, 5.74) is 5.49. The van der Waals surface area contributed by atoms with Gasteiger partial charge in [-0.25, -0.2) is 13.6 Å². The molecule has 2 aromatic rings. The van der Waals surface area contributed by atoms with Crippen LogP contribution in [-0.4, -0.2) is 26.5 Å². The number of carbonyl (C=O) groups excluding carboxylic acids is 1. The number of benzene rings is 2. The molecule has 0 heterocycles. The number of hydrogen-bond acceptors (Lipinski definition) is 5. The molecular formula is C15H15ClN4O4S2. The Bertz CT molecular complexity index is 933. The maximum atomic E-state index is 12.3. The zero-order valence-corrected chi connectivity index (χ0v) is 15.8. The van der Waals surface area contributed by atoms with Gasteiger partial charge in [0.25, 0.3) is 5.91 Å². The molecule has 0 spiro atoms. The van der Waals surface area contributed by atoms with Crippen molar-refractivity contribution in [3.8, 4) is 5.75 Å². The summed E-state index contributed by atoms with van der Waals surface area (Å²) in [6.45, 7) is 0. The van der Waals surface area contributed by atoms with Crippen molar-refractivity contribution in [1.82, 2.24) is 10.9 Å². The van der Waals surface area contributed by atoms with E-state index in [4.69, 9.17) is 33.7 Å². The van der Waals surface area contributed by atoms with Crippen LogP contribution in [0.15, 0.2) is 47.4 Å². The molecule has 0 fully saturated rings. The highest BCUT2D eigenvalue weighted by Gasteiger charge is 2.17. The Balaban J connectivity index is 2.07. The van der Waals surface area contributed by atoms with Gasteiger partial charge >= 0.3 is 0 Å². The van der Waals surface area contributed by atoms with Crippen molar-refractivity contribution < 1.29 is 17.9 Å². The lowest BCUT2D eigenvalue weighted by Gasteiger charge is -2.13. The van der Waals surface area contributed by atoms with Crippen LogP contribution in [0.1, 0.15) is 10.4 Å². The lowest BCUT2D eigenvalue weighted by Crippen LogP contribution is -2.43. The van der Waals surface area contributed by atoms with Gasteiger partial charge in [-0.1, -0.05) is 11.6 Å². The van der Waals surface area contributed by atoms with E-state index < -0.39 is 15.9 Å². The van der Waals surface area contributed by atoms with E-state index in [1.807, 2.05) is 0 Å². The summed E-state index contributed by atoms with van der Waals surface area (Å²) in [5.74, 6) is -0.485. The van der Waals surface area contributed by atoms with E-state index in [-0.39, 0.29) is 21.3 Å². The number of carbonyl (C=O) groups is 1. The van der Waals surface area contributed by atoms with Crippen LogP contribution in [0.25, 0.3) is 0 Å². The third-order valence-corrected chi connectivity index (χ3v) is 4.50. The molecular weight excluding hydrogens is 400 g/mol. The summed E-state index contributed by atoms with van der Waals surface area (Å²) in [7, 11) is -2.61. The van der Waals surface area contributed by atoms with Crippen LogP contribution in [0, 0.1) is 0 Å². The molecule has 8 nitrogen and oxygen atoms in total. The predicted molar refractivity (Wildman–Crippen MR) is 103 cm³/mol. The van der Waals surface area contributed by atoms with Crippen molar-refractivity contribution >= 4 is 50.5 Å². The number of nitrogens with two attached hydrogens (primary N) is 1. The van der Waals surface area contributed by atoms with Gasteiger partial charge in [0.15, 0.2) is 5.11 Å². The van der Waals surface area contributed by atoms with Gasteiger partial charge in [0.2, 0.25) is 10.0 Å². The largest absolute Gasteiger partial charge is 0.496 e. The van der Waals surface area contributed by atoms with Crippen molar-refractivity contribution in [2.45, 2.75) is 4.90 Å². The van der Waals surface area contributed by atoms with Gasteiger partial charge in [0.1, 0.15) is 5.75 Å². The van der Waals surface area contributed by atoms with Crippen molar-refractivity contribution in [3.05, 3.63) is 53.1 Å². The van der Waals surface area contributed by atoms with Crippen molar-refractivity contribution in [1.29, 1.82) is 0 Å². The molecule has 5 N–H and O–H groups in total. The highest BCUT2D eigenvalue weighted by atomic mass is 35.5. The molecule has 0 aliphatic heterocycles. The highest BCUT2D eigenvalue weighted by Crippen LogP contribution is 2.21. The number of ether oxygens (including phenoxy) is 1. The summed E-state index contributed by atoms with van der Waals surface area (Å²) in [6, 6.07) is 10.4. The summed E-state index contributed by atoms with van der Waals surface area (Å²) < 4.78 is 28.0. The number of amides is 1. The quantitative estimate of drug-likeness (QED) is 0.443. The number of primary sulfonamides is 1. The second-order valence-electron chi connectivity index (χ2n) is 4.95. The van der Waals surface area contributed by atoms with E-state index in [1.165, 1.54) is 19.2 Å². The monoisotopic (exact) mass is 414 g/mol. The third kappa shape index (κ3) is 5.30. The Morgan fingerprint density at radius 2 is 1.81 bits per heavy atom. The van der Waals surface area contributed by atoms with Crippen LogP contribution in [0.5, 0.6) is 5.75 Å². The molecule has 0 aromatic heterocycles. The molecule has 0 aliphatic rings. The molecule has 0 bridgehead atoms. The van der Waals surface area contributed by atoms with E-state index in [1.54, 1.807) is 24.3 Å². The van der Waals surface area contributed by atoms with Gasteiger partial charge in [-0.2, -0.15) is 0 Å². The van der Waals surface area contributed by atoms with Gasteiger partial charge in [-0.3, -0.25) is 15.6 Å². The van der Waals surface area contributed by atoms with Gasteiger partial charge in [-0.05, 0) is 54.7 Å². The van der Waals surface area contributed by atoms with Crippen LogP contribution in [0.2, 0.25) is 5.02 Å². The molecule has 0 radical (unpaired) electrons. The first-order valence-corrected chi connectivity index (χ1v) is 9.37. The average Bonchev–Trinajstić information content (AvgIpc) is 2.60. The minimum atomic E-state index is -3.96. The first kappa shape index (κ1) is 19.9. The predicted octanol–water partition coefficient (Wildman–Crippen LogP) is 1.63. The van der Waals surface area contributed by atoms with Gasteiger partial charge in [-0.15, -0.1) is 0 Å². The van der Waals surface area contributed by atoms with Crippen molar-refractivity contribution in [2.24, 2.45) is 5.14 Å². The Kier molecular flexibility index (Phi) is 6.37. The summed E-state index contributed by atoms with van der Waals surface area (Å²) in [5, 5.41) is 8.61. The standard InChI is InChI=1S/C15H15ClN4O4S2/c1-24-13-7-6-11(26(17,22)23)8-12(13)14(21)19-20-15(25)18-10-4-2-9(16)3-5-10/h2-8H,1H3,(H,19,21)(H2,17,22,23)(H2,18,20,25). The van der Waals surface area contributed by atoms with Crippen LogP contribution >= 0.6 is 23.8 Å². The topological polar surface area (TPSA) is 123 Å². The van der Waals surface area contributed by atoms with Crippen LogP contribution in [-0.2, 0) is 10.0 Å². The lowest BCUT2D eigenvalue weighted by atomic mass is 10.2. The molecule has 1 amide bonds. The number of hydrazine groups is 1. The van der Waals surface area contributed by atoms with Gasteiger partial charge < -0.3 is 10.1 Å². The van der Waals surface area contributed by atoms with Crippen LogP contribution < -0.4 is 26.0 Å². The molecule has 2 aromatic carbocycles. The molecule has 0 aliphatic carbocycles. The number of nitrogens with one attached hydrogen (secondary N) is 3. The minimum Gasteiger partial charge on any atom is -0.496 e. The number of anilines is 1. The molecule has 138 valence electrons. The van der Waals surface area contributed by atoms with E-state index in [0.717, 1.165) is 6.07 Å². The number of halogens is 1. The zero-order chi connectivity index (χ0) is 19.3. The smallest absolute Gasteiger partial charge is 0.273 e. The SMILES string of the molecule is COc1ccc(S(N)(=O)=O)cc1C(=O)NNC(=S)Nc1ccc(Cl)cc1. The Morgan fingerprint density at radius 1 is 1.15 bits per heavy atom. The van der Waals surface area contributed by atoms with E-state index in [9.17, 15) is 13.2 Å². The first-order chi connectivity index (χ1) is 12.2. The number of thiocarbonyl (C=S) groups is 1. The Hall–Kier alpha value is -2.40. The third-order valence-electron chi connectivity index (χ3n) is 3.14. The highest BCUT2D eigenvalue weighted by molar-refractivity contribution is 7.89. The molecule has 0 atom stereocenters. The minimum absolute atomic E-state index is 0.0270. The Labute approximate surface area is 160 Å². The average molecular weight is 415 g/mol. The summed E-state index contributed by atoms with van der Waals surface area (Å²) in [4.78, 5) is 12.1. The number of sulfonamides is 1. The fourth-order valence-corrected chi connectivity index (χ4v) is 2.75. The number of methoxy groups -OCH3 is 1. The second-order valence-corrected chi connectivity index (χ2v) is 7.35. The molecule has 11 heteroatoms. The molecule has 26 heavy (non-hydrogen) atoms. The lowest BCUT2D eigenvalue weighted by molar-refractivity contribution is 0.0941.